The Kier molecular flexibility index (Phi) is 5.21. The van der Waals surface area contributed by atoms with Crippen LogP contribution in [0.1, 0.15) is 13.8 Å². The lowest BCUT2D eigenvalue weighted by molar-refractivity contribution is 0.139. The highest BCUT2D eigenvalue weighted by atomic mass is 16.5. The van der Waals surface area contributed by atoms with Crippen LogP contribution in [0.15, 0.2) is 36.6 Å². The Morgan fingerprint density at radius 3 is 2.64 bits per heavy atom. The van der Waals surface area contributed by atoms with Crippen LogP contribution in [0.4, 0.5) is 0 Å². The Morgan fingerprint density at radius 1 is 1.55 bits per heavy atom. The summed E-state index contributed by atoms with van der Waals surface area (Å²) < 4.78 is 5.15. The maximum atomic E-state index is 5.39. The van der Waals surface area contributed by atoms with Gasteiger partial charge in [-0.15, -0.1) is 0 Å². The normalized spacial score (nSPS) is 15.0. The van der Waals surface area contributed by atoms with Gasteiger partial charge in [0.2, 0.25) is 0 Å². The molecule has 1 unspecified atom stereocenters. The highest BCUT2D eigenvalue weighted by molar-refractivity contribution is 5.10. The van der Waals surface area contributed by atoms with Crippen LogP contribution in [0, 0.1) is 0 Å². The molecule has 62 valence electrons. The van der Waals surface area contributed by atoms with Crippen LogP contribution < -0.4 is 5.73 Å². The van der Waals surface area contributed by atoms with E-state index in [1.165, 1.54) is 0 Å². The first-order chi connectivity index (χ1) is 5.16. The van der Waals surface area contributed by atoms with E-state index in [0.717, 1.165) is 5.76 Å². The minimum atomic E-state index is -0.247. The molecule has 1 atom stereocenters. The summed E-state index contributed by atoms with van der Waals surface area (Å²) in [7, 11) is 0. The van der Waals surface area contributed by atoms with Gasteiger partial charge in [0.25, 0.3) is 0 Å². The van der Waals surface area contributed by atoms with Gasteiger partial charge in [-0.25, -0.2) is 0 Å². The van der Waals surface area contributed by atoms with E-state index in [9.17, 15) is 0 Å². The Hall–Kier alpha value is -1.02. The van der Waals surface area contributed by atoms with E-state index in [-0.39, 0.29) is 6.23 Å². The van der Waals surface area contributed by atoms with Gasteiger partial charge in [-0.3, -0.25) is 5.73 Å². The lowest BCUT2D eigenvalue weighted by atomic mass is 10.4. The van der Waals surface area contributed by atoms with Gasteiger partial charge in [-0.2, -0.15) is 0 Å². The predicted octanol–water partition coefficient (Wildman–Crippen LogP) is 1.95. The molecule has 2 heteroatoms. The number of nitrogens with two attached hydrogens (primary N) is 1. The summed E-state index contributed by atoms with van der Waals surface area (Å²) in [5.41, 5.74) is 5.39. The number of ether oxygens (including phenoxy) is 1. The summed E-state index contributed by atoms with van der Waals surface area (Å²) >= 11 is 0. The van der Waals surface area contributed by atoms with Crippen LogP contribution >= 0.6 is 0 Å². The number of rotatable bonds is 4. The van der Waals surface area contributed by atoms with Crippen molar-refractivity contribution in [1.82, 2.24) is 0 Å². The SMILES string of the molecule is C=C/C=C\C=C(/C)OC(C)N. The van der Waals surface area contributed by atoms with Crippen molar-refractivity contribution in [3.05, 3.63) is 36.6 Å². The molecule has 0 radical (unpaired) electrons. The smallest absolute Gasteiger partial charge is 0.144 e. The lowest BCUT2D eigenvalue weighted by Gasteiger charge is -2.08. The quantitative estimate of drug-likeness (QED) is 0.380. The van der Waals surface area contributed by atoms with E-state index >= 15 is 0 Å². The zero-order valence-electron chi connectivity index (χ0n) is 7.08. The first kappa shape index (κ1) is 9.98. The molecule has 0 spiro atoms. The second-order valence-electron chi connectivity index (χ2n) is 2.22. The Morgan fingerprint density at radius 2 is 2.18 bits per heavy atom. The number of hydrogen-bond donors (Lipinski definition) is 1. The van der Waals surface area contributed by atoms with Crippen LogP contribution in [0.2, 0.25) is 0 Å². The lowest BCUT2D eigenvalue weighted by Crippen LogP contribution is -2.17. The van der Waals surface area contributed by atoms with Crippen LogP contribution in [-0.2, 0) is 4.74 Å². The van der Waals surface area contributed by atoms with Crippen molar-refractivity contribution in [3.63, 3.8) is 0 Å². The summed E-state index contributed by atoms with van der Waals surface area (Å²) in [6.45, 7) is 7.18. The molecule has 0 aromatic carbocycles. The summed E-state index contributed by atoms with van der Waals surface area (Å²) in [6.07, 6.45) is 6.97. The second kappa shape index (κ2) is 5.74. The molecule has 0 aliphatic rings. The van der Waals surface area contributed by atoms with Gasteiger partial charge in [0.05, 0.1) is 5.76 Å². The molecular weight excluding hydrogens is 138 g/mol. The molecular formula is C9H15NO. The third kappa shape index (κ3) is 6.87. The molecule has 0 aliphatic carbocycles. The van der Waals surface area contributed by atoms with Gasteiger partial charge < -0.3 is 4.74 Å². The summed E-state index contributed by atoms with van der Waals surface area (Å²) in [5, 5.41) is 0. The molecule has 2 nitrogen and oxygen atoms in total. The van der Waals surface area contributed by atoms with Gasteiger partial charge in [0.1, 0.15) is 6.23 Å². The topological polar surface area (TPSA) is 35.2 Å². The Balaban J connectivity index is 3.80. The first-order valence-corrected chi connectivity index (χ1v) is 3.55. The van der Waals surface area contributed by atoms with E-state index in [4.69, 9.17) is 10.5 Å². The van der Waals surface area contributed by atoms with E-state index < -0.39 is 0 Å². The Bertz CT molecular complexity index is 168. The average Bonchev–Trinajstić information content (AvgIpc) is 1.86. The van der Waals surface area contributed by atoms with Crippen LogP contribution in [0.25, 0.3) is 0 Å². The molecule has 0 fully saturated rings. The van der Waals surface area contributed by atoms with Crippen molar-refractivity contribution in [1.29, 1.82) is 0 Å². The third-order valence-electron chi connectivity index (χ3n) is 0.950. The van der Waals surface area contributed by atoms with Gasteiger partial charge >= 0.3 is 0 Å². The van der Waals surface area contributed by atoms with Crippen LogP contribution in [-0.4, -0.2) is 6.23 Å². The second-order valence-corrected chi connectivity index (χ2v) is 2.22. The van der Waals surface area contributed by atoms with Crippen molar-refractivity contribution in [2.24, 2.45) is 5.73 Å². The molecule has 11 heavy (non-hydrogen) atoms. The van der Waals surface area contributed by atoms with Gasteiger partial charge in [0.15, 0.2) is 0 Å². The van der Waals surface area contributed by atoms with Crippen molar-refractivity contribution >= 4 is 0 Å². The monoisotopic (exact) mass is 153 g/mol. The first-order valence-electron chi connectivity index (χ1n) is 3.55. The summed E-state index contributed by atoms with van der Waals surface area (Å²) in [5.74, 6) is 0.804. The van der Waals surface area contributed by atoms with Gasteiger partial charge in [-0.1, -0.05) is 24.8 Å². The van der Waals surface area contributed by atoms with Crippen molar-refractivity contribution in [2.45, 2.75) is 20.1 Å². The molecule has 0 bridgehead atoms. The molecule has 0 saturated heterocycles. The molecule has 0 aromatic heterocycles. The van der Waals surface area contributed by atoms with Crippen molar-refractivity contribution in [3.8, 4) is 0 Å². The average molecular weight is 153 g/mol. The van der Waals surface area contributed by atoms with Gasteiger partial charge in [0, 0.05) is 0 Å². The summed E-state index contributed by atoms with van der Waals surface area (Å²) in [4.78, 5) is 0. The molecule has 2 N–H and O–H groups in total. The molecule has 0 saturated carbocycles. The molecule has 0 aliphatic heterocycles. The fourth-order valence-corrected chi connectivity index (χ4v) is 0.602. The molecule has 0 rings (SSSR count). The highest BCUT2D eigenvalue weighted by Crippen LogP contribution is 1.97. The summed E-state index contributed by atoms with van der Waals surface area (Å²) in [6, 6.07) is 0. The maximum absolute atomic E-state index is 5.39. The third-order valence-corrected chi connectivity index (χ3v) is 0.950. The fraction of sp³-hybridized carbons (Fsp3) is 0.333. The maximum Gasteiger partial charge on any atom is 0.144 e. The van der Waals surface area contributed by atoms with Crippen LogP contribution in [0.5, 0.6) is 0 Å². The van der Waals surface area contributed by atoms with E-state index in [1.54, 1.807) is 13.0 Å². The fourth-order valence-electron chi connectivity index (χ4n) is 0.602. The standard InChI is InChI=1S/C9H15NO/c1-4-5-6-7-8(2)11-9(3)10/h4-7,9H,1,10H2,2-3H3/b6-5-,8-7+. The van der Waals surface area contributed by atoms with E-state index in [2.05, 4.69) is 6.58 Å². The van der Waals surface area contributed by atoms with E-state index in [1.807, 2.05) is 25.2 Å². The number of allylic oxidation sites excluding steroid dienone is 5. The minimum absolute atomic E-state index is 0.247. The van der Waals surface area contributed by atoms with Gasteiger partial charge in [-0.05, 0) is 19.9 Å². The molecule has 0 amide bonds. The van der Waals surface area contributed by atoms with Crippen LogP contribution in [0.3, 0.4) is 0 Å². The van der Waals surface area contributed by atoms with Crippen molar-refractivity contribution in [2.75, 3.05) is 0 Å². The Labute approximate surface area is 68.0 Å². The molecule has 0 heterocycles. The predicted molar refractivity (Wildman–Crippen MR) is 47.8 cm³/mol. The zero-order chi connectivity index (χ0) is 8.69. The molecule has 0 aromatic rings. The highest BCUT2D eigenvalue weighted by Gasteiger charge is 1.91. The minimum Gasteiger partial charge on any atom is -0.481 e. The zero-order valence-corrected chi connectivity index (χ0v) is 7.08. The van der Waals surface area contributed by atoms with Crippen molar-refractivity contribution < 1.29 is 4.74 Å². The number of hydrogen-bond acceptors (Lipinski definition) is 2. The van der Waals surface area contributed by atoms with E-state index in [0.29, 0.717) is 0 Å². The largest absolute Gasteiger partial charge is 0.481 e.